The molecule has 0 unspecified atom stereocenters. The van der Waals surface area contributed by atoms with Crippen LogP contribution in [-0.2, 0) is 10.0 Å². The van der Waals surface area contributed by atoms with Gasteiger partial charge in [-0.2, -0.15) is 0 Å². The van der Waals surface area contributed by atoms with Crippen molar-refractivity contribution >= 4 is 10.0 Å². The first-order valence-corrected chi connectivity index (χ1v) is 6.39. The number of benzene rings is 1. The van der Waals surface area contributed by atoms with Crippen LogP contribution in [0.1, 0.15) is 5.56 Å². The molecule has 96 valence electrons. The quantitative estimate of drug-likeness (QED) is 0.684. The molecule has 0 bridgehead atoms. The van der Waals surface area contributed by atoms with Crippen LogP contribution in [0.3, 0.4) is 0 Å². The fourth-order valence-corrected chi connectivity index (χ4v) is 2.75. The molecule has 0 saturated carbocycles. The number of aliphatic hydroxyl groups is 2. The van der Waals surface area contributed by atoms with Crippen LogP contribution in [0.4, 0.5) is 4.39 Å². The highest BCUT2D eigenvalue weighted by Crippen LogP contribution is 2.16. The van der Waals surface area contributed by atoms with Crippen molar-refractivity contribution in [3.8, 4) is 0 Å². The van der Waals surface area contributed by atoms with Gasteiger partial charge in [-0.3, -0.25) is 0 Å². The largest absolute Gasteiger partial charge is 0.395 e. The topological polar surface area (TPSA) is 86.6 Å². The van der Waals surface area contributed by atoms with Crippen molar-refractivity contribution in [2.45, 2.75) is 17.9 Å². The highest BCUT2D eigenvalue weighted by molar-refractivity contribution is 7.89. The highest BCUT2D eigenvalue weighted by atomic mass is 32.2. The van der Waals surface area contributed by atoms with E-state index in [1.165, 1.54) is 13.0 Å². The molecule has 1 aromatic carbocycles. The van der Waals surface area contributed by atoms with Crippen LogP contribution >= 0.6 is 0 Å². The van der Waals surface area contributed by atoms with Crippen LogP contribution in [-0.4, -0.2) is 37.9 Å². The lowest BCUT2D eigenvalue weighted by Gasteiger charge is -2.15. The Kier molecular flexibility index (Phi) is 4.58. The minimum Gasteiger partial charge on any atom is -0.395 e. The Morgan fingerprint density at radius 2 is 1.94 bits per heavy atom. The van der Waals surface area contributed by atoms with Crippen molar-refractivity contribution in [3.63, 3.8) is 0 Å². The van der Waals surface area contributed by atoms with Crippen molar-refractivity contribution in [1.82, 2.24) is 4.72 Å². The Hall–Kier alpha value is -1.02. The maximum Gasteiger partial charge on any atom is 0.241 e. The molecule has 0 saturated heterocycles. The summed E-state index contributed by atoms with van der Waals surface area (Å²) < 4.78 is 38.7. The van der Waals surface area contributed by atoms with Gasteiger partial charge in [0.25, 0.3) is 0 Å². The Bertz CT molecular complexity index is 485. The van der Waals surface area contributed by atoms with E-state index in [1.54, 1.807) is 0 Å². The van der Waals surface area contributed by atoms with Gasteiger partial charge in [-0.25, -0.2) is 17.5 Å². The Balaban J connectivity index is 3.09. The standard InChI is InChI=1S/C10H14FNO4S/c1-7-2-3-8(11)4-10(7)17(15,16)12-9(5-13)6-14/h2-4,9,12-14H,5-6H2,1H3. The summed E-state index contributed by atoms with van der Waals surface area (Å²) in [4.78, 5) is -0.204. The first kappa shape index (κ1) is 14.0. The average molecular weight is 263 g/mol. The molecule has 17 heavy (non-hydrogen) atoms. The second-order valence-electron chi connectivity index (χ2n) is 3.59. The van der Waals surface area contributed by atoms with E-state index in [4.69, 9.17) is 10.2 Å². The molecule has 0 atom stereocenters. The lowest BCUT2D eigenvalue weighted by molar-refractivity contribution is 0.185. The van der Waals surface area contributed by atoms with Crippen molar-refractivity contribution in [1.29, 1.82) is 0 Å². The highest BCUT2D eigenvalue weighted by Gasteiger charge is 2.21. The number of halogens is 1. The van der Waals surface area contributed by atoms with E-state index in [2.05, 4.69) is 4.72 Å². The Morgan fingerprint density at radius 1 is 1.35 bits per heavy atom. The summed E-state index contributed by atoms with van der Waals surface area (Å²) in [6.07, 6.45) is 0. The third-order valence-corrected chi connectivity index (χ3v) is 3.86. The molecule has 0 spiro atoms. The average Bonchev–Trinajstić information content (AvgIpc) is 2.29. The van der Waals surface area contributed by atoms with Gasteiger partial charge in [-0.05, 0) is 24.6 Å². The zero-order valence-corrected chi connectivity index (χ0v) is 10.0. The molecule has 7 heteroatoms. The van der Waals surface area contributed by atoms with Gasteiger partial charge in [0.15, 0.2) is 0 Å². The van der Waals surface area contributed by atoms with Crippen LogP contribution < -0.4 is 4.72 Å². The molecule has 0 amide bonds. The molecule has 0 aromatic heterocycles. The first-order chi connectivity index (χ1) is 7.90. The third-order valence-electron chi connectivity index (χ3n) is 2.20. The molecule has 1 rings (SSSR count). The summed E-state index contributed by atoms with van der Waals surface area (Å²) in [6.45, 7) is 0.453. The lowest BCUT2D eigenvalue weighted by atomic mass is 10.2. The SMILES string of the molecule is Cc1ccc(F)cc1S(=O)(=O)NC(CO)CO. The van der Waals surface area contributed by atoms with Gasteiger partial charge < -0.3 is 10.2 Å². The predicted octanol–water partition coefficient (Wildman–Crippen LogP) is -0.234. The summed E-state index contributed by atoms with van der Waals surface area (Å²) in [5.74, 6) is -0.666. The van der Waals surface area contributed by atoms with E-state index < -0.39 is 35.1 Å². The monoisotopic (exact) mass is 263 g/mol. The molecule has 1 aromatic rings. The molecule has 0 aliphatic heterocycles. The fourth-order valence-electron chi connectivity index (χ4n) is 1.28. The van der Waals surface area contributed by atoms with Crippen LogP contribution in [0.2, 0.25) is 0 Å². The van der Waals surface area contributed by atoms with Gasteiger partial charge in [-0.15, -0.1) is 0 Å². The van der Waals surface area contributed by atoms with Gasteiger partial charge in [0.05, 0.1) is 24.2 Å². The van der Waals surface area contributed by atoms with E-state index in [1.807, 2.05) is 0 Å². The smallest absolute Gasteiger partial charge is 0.241 e. The molecular weight excluding hydrogens is 249 g/mol. The minimum absolute atomic E-state index is 0.204. The van der Waals surface area contributed by atoms with E-state index in [0.29, 0.717) is 5.56 Å². The summed E-state index contributed by atoms with van der Waals surface area (Å²) in [5, 5.41) is 17.6. The van der Waals surface area contributed by atoms with Gasteiger partial charge in [-0.1, -0.05) is 6.07 Å². The zero-order chi connectivity index (χ0) is 13.1. The molecular formula is C10H14FNO4S. The van der Waals surface area contributed by atoms with Crippen LogP contribution in [0.25, 0.3) is 0 Å². The molecule has 0 heterocycles. The molecule has 5 nitrogen and oxygen atoms in total. The molecule has 0 aliphatic rings. The summed E-state index contributed by atoms with van der Waals surface area (Å²) in [5.41, 5.74) is 0.383. The van der Waals surface area contributed by atoms with Crippen LogP contribution in [0.15, 0.2) is 23.1 Å². The third kappa shape index (κ3) is 3.47. The minimum atomic E-state index is -3.95. The normalized spacial score (nSPS) is 12.1. The lowest BCUT2D eigenvalue weighted by Crippen LogP contribution is -2.40. The second-order valence-corrected chi connectivity index (χ2v) is 5.28. The summed E-state index contributed by atoms with van der Waals surface area (Å²) in [6, 6.07) is 2.40. The number of nitrogens with one attached hydrogen (secondary N) is 1. The molecule has 0 fully saturated rings. The predicted molar refractivity (Wildman–Crippen MR) is 59.4 cm³/mol. The number of aliphatic hydroxyl groups excluding tert-OH is 2. The zero-order valence-electron chi connectivity index (χ0n) is 9.22. The van der Waals surface area contributed by atoms with E-state index in [0.717, 1.165) is 12.1 Å². The van der Waals surface area contributed by atoms with Crippen LogP contribution in [0, 0.1) is 12.7 Å². The Labute approximate surface area is 99.0 Å². The second kappa shape index (κ2) is 5.54. The first-order valence-electron chi connectivity index (χ1n) is 4.91. The number of aryl methyl sites for hydroxylation is 1. The maximum absolute atomic E-state index is 13.0. The summed E-state index contributed by atoms with van der Waals surface area (Å²) in [7, 11) is -3.95. The molecule has 0 radical (unpaired) electrons. The van der Waals surface area contributed by atoms with Gasteiger partial charge >= 0.3 is 0 Å². The number of hydrogen-bond acceptors (Lipinski definition) is 4. The number of hydrogen-bond donors (Lipinski definition) is 3. The van der Waals surface area contributed by atoms with Gasteiger partial charge in [0, 0.05) is 0 Å². The number of rotatable bonds is 5. The molecule has 3 N–H and O–H groups in total. The fraction of sp³-hybridized carbons (Fsp3) is 0.400. The summed E-state index contributed by atoms with van der Waals surface area (Å²) >= 11 is 0. The maximum atomic E-state index is 13.0. The van der Waals surface area contributed by atoms with Crippen molar-refractivity contribution in [2.75, 3.05) is 13.2 Å². The molecule has 0 aliphatic carbocycles. The van der Waals surface area contributed by atoms with Crippen molar-refractivity contribution < 1.29 is 23.0 Å². The van der Waals surface area contributed by atoms with E-state index in [-0.39, 0.29) is 4.90 Å². The van der Waals surface area contributed by atoms with Crippen molar-refractivity contribution in [2.24, 2.45) is 0 Å². The van der Waals surface area contributed by atoms with E-state index >= 15 is 0 Å². The Morgan fingerprint density at radius 3 is 2.47 bits per heavy atom. The van der Waals surface area contributed by atoms with E-state index in [9.17, 15) is 12.8 Å². The van der Waals surface area contributed by atoms with Gasteiger partial charge in [0.1, 0.15) is 5.82 Å². The van der Waals surface area contributed by atoms with Crippen LogP contribution in [0.5, 0.6) is 0 Å². The van der Waals surface area contributed by atoms with Crippen molar-refractivity contribution in [3.05, 3.63) is 29.6 Å². The van der Waals surface area contributed by atoms with Gasteiger partial charge in [0.2, 0.25) is 10.0 Å². The number of sulfonamides is 1.